The molecule has 6 nitrogen and oxygen atoms in total. The van der Waals surface area contributed by atoms with Crippen LogP contribution in [0.3, 0.4) is 0 Å². The van der Waals surface area contributed by atoms with Crippen molar-refractivity contribution in [1.29, 1.82) is 0 Å². The standard InChI is InChI=1S/C15H24N2O4S/c1-3-20-14-8-7-13(10-15(14)21-4-2)22(18,19)17-12-6-5-9-16-11-12/h7-8,10,12,16-17H,3-6,9,11H2,1-2H3/t12-/m0/s1. The smallest absolute Gasteiger partial charge is 0.241 e. The molecule has 0 amide bonds. The maximum absolute atomic E-state index is 12.5. The maximum Gasteiger partial charge on any atom is 0.241 e. The van der Waals surface area contributed by atoms with E-state index in [1.807, 2.05) is 13.8 Å². The summed E-state index contributed by atoms with van der Waals surface area (Å²) in [6.45, 7) is 6.27. The summed E-state index contributed by atoms with van der Waals surface area (Å²) in [4.78, 5) is 0.199. The molecule has 1 heterocycles. The van der Waals surface area contributed by atoms with Gasteiger partial charge >= 0.3 is 0 Å². The molecule has 0 bridgehead atoms. The molecule has 7 heteroatoms. The lowest BCUT2D eigenvalue weighted by molar-refractivity contribution is 0.287. The van der Waals surface area contributed by atoms with Gasteiger partial charge in [-0.1, -0.05) is 0 Å². The van der Waals surface area contributed by atoms with Gasteiger partial charge in [-0.15, -0.1) is 0 Å². The molecule has 1 aromatic carbocycles. The minimum absolute atomic E-state index is 0.0686. The predicted molar refractivity (Wildman–Crippen MR) is 85.0 cm³/mol. The molecular formula is C15H24N2O4S. The fraction of sp³-hybridized carbons (Fsp3) is 0.600. The lowest BCUT2D eigenvalue weighted by atomic mass is 10.1. The van der Waals surface area contributed by atoms with Gasteiger partial charge in [-0.05, 0) is 45.4 Å². The molecule has 0 aliphatic carbocycles. The van der Waals surface area contributed by atoms with Crippen LogP contribution in [0.2, 0.25) is 0 Å². The van der Waals surface area contributed by atoms with Crippen LogP contribution < -0.4 is 19.5 Å². The van der Waals surface area contributed by atoms with Crippen molar-refractivity contribution >= 4 is 10.0 Å². The largest absolute Gasteiger partial charge is 0.490 e. The molecule has 1 aliphatic rings. The quantitative estimate of drug-likeness (QED) is 0.793. The predicted octanol–water partition coefficient (Wildman–Crippen LogP) is 1.51. The van der Waals surface area contributed by atoms with Crippen LogP contribution in [0.15, 0.2) is 23.1 Å². The summed E-state index contributed by atoms with van der Waals surface area (Å²) >= 11 is 0. The Morgan fingerprint density at radius 2 is 1.95 bits per heavy atom. The van der Waals surface area contributed by atoms with Crippen molar-refractivity contribution in [2.24, 2.45) is 0 Å². The number of ether oxygens (including phenoxy) is 2. The van der Waals surface area contributed by atoms with Crippen LogP contribution in [-0.2, 0) is 10.0 Å². The third-order valence-corrected chi connectivity index (χ3v) is 4.96. The van der Waals surface area contributed by atoms with Gasteiger partial charge in [0, 0.05) is 18.7 Å². The first-order valence-corrected chi connectivity index (χ1v) is 9.17. The molecule has 2 rings (SSSR count). The van der Waals surface area contributed by atoms with Gasteiger partial charge in [-0.3, -0.25) is 0 Å². The summed E-state index contributed by atoms with van der Waals surface area (Å²) in [6, 6.07) is 4.64. The third kappa shape index (κ3) is 4.34. The first kappa shape index (κ1) is 17.1. The van der Waals surface area contributed by atoms with E-state index in [0.717, 1.165) is 19.4 Å². The van der Waals surface area contributed by atoms with Gasteiger partial charge in [0.1, 0.15) is 0 Å². The van der Waals surface area contributed by atoms with Crippen molar-refractivity contribution in [2.75, 3.05) is 26.3 Å². The summed E-state index contributed by atoms with van der Waals surface area (Å²) in [7, 11) is -3.56. The number of hydrogen-bond acceptors (Lipinski definition) is 5. The molecule has 1 aromatic rings. The fourth-order valence-corrected chi connectivity index (χ4v) is 3.72. The molecule has 22 heavy (non-hydrogen) atoms. The highest BCUT2D eigenvalue weighted by Gasteiger charge is 2.23. The van der Waals surface area contributed by atoms with Crippen molar-refractivity contribution in [1.82, 2.24) is 10.0 Å². The number of sulfonamides is 1. The van der Waals surface area contributed by atoms with Gasteiger partial charge in [0.2, 0.25) is 10.0 Å². The highest BCUT2D eigenvalue weighted by Crippen LogP contribution is 2.30. The summed E-state index contributed by atoms with van der Waals surface area (Å²) in [6.07, 6.45) is 1.82. The van der Waals surface area contributed by atoms with E-state index in [9.17, 15) is 8.42 Å². The monoisotopic (exact) mass is 328 g/mol. The third-order valence-electron chi connectivity index (χ3n) is 3.44. The number of nitrogens with one attached hydrogen (secondary N) is 2. The number of hydrogen-bond donors (Lipinski definition) is 2. The van der Waals surface area contributed by atoms with Crippen molar-refractivity contribution in [3.63, 3.8) is 0 Å². The maximum atomic E-state index is 12.5. The second-order valence-corrected chi connectivity index (χ2v) is 6.85. The molecule has 0 saturated carbocycles. The van der Waals surface area contributed by atoms with E-state index in [2.05, 4.69) is 10.0 Å². The van der Waals surface area contributed by atoms with Gasteiger partial charge in [-0.2, -0.15) is 0 Å². The van der Waals surface area contributed by atoms with E-state index in [1.54, 1.807) is 12.1 Å². The molecule has 1 saturated heterocycles. The first-order valence-electron chi connectivity index (χ1n) is 7.69. The molecule has 0 radical (unpaired) electrons. The fourth-order valence-electron chi connectivity index (χ4n) is 2.44. The lowest BCUT2D eigenvalue weighted by Gasteiger charge is -2.23. The van der Waals surface area contributed by atoms with Gasteiger partial charge < -0.3 is 14.8 Å². The van der Waals surface area contributed by atoms with Gasteiger partial charge in [0.25, 0.3) is 0 Å². The molecule has 2 N–H and O–H groups in total. The lowest BCUT2D eigenvalue weighted by Crippen LogP contribution is -2.45. The minimum Gasteiger partial charge on any atom is -0.490 e. The molecular weight excluding hydrogens is 304 g/mol. The first-order chi connectivity index (χ1) is 10.6. The second kappa shape index (κ2) is 7.80. The second-order valence-electron chi connectivity index (χ2n) is 5.14. The van der Waals surface area contributed by atoms with E-state index in [-0.39, 0.29) is 10.9 Å². The van der Waals surface area contributed by atoms with Crippen LogP contribution in [0.4, 0.5) is 0 Å². The van der Waals surface area contributed by atoms with Gasteiger partial charge in [-0.25, -0.2) is 13.1 Å². The zero-order valence-corrected chi connectivity index (χ0v) is 13.9. The van der Waals surface area contributed by atoms with Crippen LogP contribution in [0.25, 0.3) is 0 Å². The number of piperidine rings is 1. The average molecular weight is 328 g/mol. The van der Waals surface area contributed by atoms with Crippen LogP contribution in [0.1, 0.15) is 26.7 Å². The van der Waals surface area contributed by atoms with Crippen molar-refractivity contribution < 1.29 is 17.9 Å². The van der Waals surface area contributed by atoms with Crippen LogP contribution >= 0.6 is 0 Å². The number of benzene rings is 1. The Kier molecular flexibility index (Phi) is 6.05. The molecule has 124 valence electrons. The Bertz CT molecular complexity index is 583. The van der Waals surface area contributed by atoms with Gasteiger partial charge in [0.05, 0.1) is 18.1 Å². The minimum atomic E-state index is -3.56. The zero-order valence-electron chi connectivity index (χ0n) is 13.1. The van der Waals surface area contributed by atoms with E-state index >= 15 is 0 Å². The van der Waals surface area contributed by atoms with Crippen molar-refractivity contribution in [2.45, 2.75) is 37.6 Å². The normalized spacial score (nSPS) is 18.9. The Hall–Kier alpha value is -1.31. The average Bonchev–Trinajstić information content (AvgIpc) is 2.50. The highest BCUT2D eigenvalue weighted by molar-refractivity contribution is 7.89. The Morgan fingerprint density at radius 3 is 2.59 bits per heavy atom. The van der Waals surface area contributed by atoms with E-state index in [4.69, 9.17) is 9.47 Å². The summed E-state index contributed by atoms with van der Waals surface area (Å²) in [5.74, 6) is 1.01. The SMILES string of the molecule is CCOc1ccc(S(=O)(=O)N[C@H]2CCCNC2)cc1OCC. The van der Waals surface area contributed by atoms with E-state index in [1.165, 1.54) is 6.07 Å². The van der Waals surface area contributed by atoms with Crippen LogP contribution in [-0.4, -0.2) is 40.8 Å². The van der Waals surface area contributed by atoms with Gasteiger partial charge in [0.15, 0.2) is 11.5 Å². The molecule has 0 aromatic heterocycles. The summed E-state index contributed by atoms with van der Waals surface area (Å²) in [5, 5.41) is 3.19. The summed E-state index contributed by atoms with van der Waals surface area (Å²) in [5.41, 5.74) is 0. The molecule has 1 aliphatic heterocycles. The van der Waals surface area contributed by atoms with Crippen LogP contribution in [0, 0.1) is 0 Å². The molecule has 0 spiro atoms. The van der Waals surface area contributed by atoms with Crippen molar-refractivity contribution in [3.8, 4) is 11.5 Å². The van der Waals surface area contributed by atoms with Crippen molar-refractivity contribution in [3.05, 3.63) is 18.2 Å². The Morgan fingerprint density at radius 1 is 1.23 bits per heavy atom. The zero-order chi connectivity index (χ0) is 16.0. The molecule has 0 unspecified atom stereocenters. The summed E-state index contributed by atoms with van der Waals surface area (Å²) < 4.78 is 38.7. The Balaban J connectivity index is 2.20. The molecule has 1 fully saturated rings. The Labute approximate surface area is 132 Å². The van der Waals surface area contributed by atoms with Crippen LogP contribution in [0.5, 0.6) is 11.5 Å². The topological polar surface area (TPSA) is 76.7 Å². The molecule has 1 atom stereocenters. The van der Waals surface area contributed by atoms with E-state index in [0.29, 0.717) is 31.3 Å². The number of rotatable bonds is 7. The highest BCUT2D eigenvalue weighted by atomic mass is 32.2. The van der Waals surface area contributed by atoms with E-state index < -0.39 is 10.0 Å².